The molecule has 1 unspecified atom stereocenters. The van der Waals surface area contributed by atoms with Gasteiger partial charge in [-0.2, -0.15) is 0 Å². The Bertz CT molecular complexity index is 1010. The number of likely N-dealkylation sites (tertiary alicyclic amines) is 1. The summed E-state index contributed by atoms with van der Waals surface area (Å²) in [6.07, 6.45) is -0.00296. The molecule has 1 aliphatic rings. The Hall–Kier alpha value is -3.07. The molecule has 1 atom stereocenters. The first kappa shape index (κ1) is 24.6. The topological polar surface area (TPSA) is 110 Å². The second-order valence-corrected chi connectivity index (χ2v) is 10.1. The number of nitrogens with one attached hydrogen (secondary N) is 1. The second-order valence-electron chi connectivity index (χ2n) is 10.1. The number of esters is 1. The molecule has 1 aromatic heterocycles. The number of amides is 1. The Kier molecular flexibility index (Phi) is 7.02. The number of benzene rings is 1. The molecule has 9 nitrogen and oxygen atoms in total. The van der Waals surface area contributed by atoms with Gasteiger partial charge >= 0.3 is 12.1 Å². The predicted octanol–water partition coefficient (Wildman–Crippen LogP) is 3.35. The van der Waals surface area contributed by atoms with E-state index in [-0.39, 0.29) is 18.7 Å². The lowest BCUT2D eigenvalue weighted by atomic mass is 10.1. The standard InChI is InChI=1S/C24H33N3O6/c1-23(2,3)32-21(29)19(28)14-31-17-7-8-18-15(11-17)9-10-25-20(18)26-16-12-27(13-16)22(30)33-24(4,5)6/h7-11,16,19,28H,12-14H2,1-6H3,(H,25,26). The van der Waals surface area contributed by atoms with Gasteiger partial charge in [-0.05, 0) is 71.2 Å². The Morgan fingerprint density at radius 1 is 1.12 bits per heavy atom. The van der Waals surface area contributed by atoms with Crippen LogP contribution in [0, 0.1) is 0 Å². The van der Waals surface area contributed by atoms with E-state index in [0.717, 1.165) is 10.8 Å². The summed E-state index contributed by atoms with van der Waals surface area (Å²) in [5.41, 5.74) is -1.20. The summed E-state index contributed by atoms with van der Waals surface area (Å²) in [5, 5.41) is 15.2. The Balaban J connectivity index is 1.57. The van der Waals surface area contributed by atoms with Crippen LogP contribution in [0.25, 0.3) is 10.8 Å². The highest BCUT2D eigenvalue weighted by Crippen LogP contribution is 2.27. The summed E-state index contributed by atoms with van der Waals surface area (Å²) in [6, 6.07) is 7.37. The van der Waals surface area contributed by atoms with Gasteiger partial charge in [0.25, 0.3) is 0 Å². The van der Waals surface area contributed by atoms with Gasteiger partial charge in [0.1, 0.15) is 29.4 Å². The van der Waals surface area contributed by atoms with Gasteiger partial charge in [-0.1, -0.05) is 0 Å². The van der Waals surface area contributed by atoms with E-state index >= 15 is 0 Å². The van der Waals surface area contributed by atoms with Crippen molar-refractivity contribution in [3.05, 3.63) is 30.5 Å². The quantitative estimate of drug-likeness (QED) is 0.633. The van der Waals surface area contributed by atoms with Crippen molar-refractivity contribution < 1.29 is 28.9 Å². The van der Waals surface area contributed by atoms with Crippen molar-refractivity contribution >= 4 is 28.7 Å². The lowest BCUT2D eigenvalue weighted by Gasteiger charge is -2.40. The third-order valence-electron chi connectivity index (χ3n) is 4.70. The fraction of sp³-hybridized carbons (Fsp3) is 0.542. The van der Waals surface area contributed by atoms with E-state index in [1.54, 1.807) is 37.9 Å². The van der Waals surface area contributed by atoms with E-state index < -0.39 is 23.3 Å². The molecule has 33 heavy (non-hydrogen) atoms. The summed E-state index contributed by atoms with van der Waals surface area (Å²) < 4.78 is 16.1. The monoisotopic (exact) mass is 459 g/mol. The number of ether oxygens (including phenoxy) is 3. The van der Waals surface area contributed by atoms with Gasteiger partial charge in [0.15, 0.2) is 6.10 Å². The first-order chi connectivity index (χ1) is 15.3. The minimum Gasteiger partial charge on any atom is -0.490 e. The van der Waals surface area contributed by atoms with Crippen molar-refractivity contribution in [1.29, 1.82) is 0 Å². The largest absolute Gasteiger partial charge is 0.490 e. The molecule has 0 aliphatic carbocycles. The molecule has 0 bridgehead atoms. The van der Waals surface area contributed by atoms with Crippen molar-refractivity contribution in [2.45, 2.75) is 64.9 Å². The number of carbonyl (C=O) groups is 2. The van der Waals surface area contributed by atoms with E-state index in [1.165, 1.54) is 0 Å². The predicted molar refractivity (Wildman–Crippen MR) is 124 cm³/mol. The second kappa shape index (κ2) is 9.43. The van der Waals surface area contributed by atoms with Gasteiger partial charge in [0.2, 0.25) is 0 Å². The van der Waals surface area contributed by atoms with Crippen LogP contribution in [0.5, 0.6) is 5.75 Å². The molecule has 0 saturated carbocycles. The number of aliphatic hydroxyl groups excluding tert-OH is 1. The fourth-order valence-corrected chi connectivity index (χ4v) is 3.21. The highest BCUT2D eigenvalue weighted by atomic mass is 16.6. The summed E-state index contributed by atoms with van der Waals surface area (Å²) in [6.45, 7) is 11.6. The summed E-state index contributed by atoms with van der Waals surface area (Å²) in [5.74, 6) is 0.503. The van der Waals surface area contributed by atoms with Crippen molar-refractivity contribution in [2.75, 3.05) is 25.0 Å². The normalized spacial score (nSPS) is 15.5. The maximum atomic E-state index is 12.1. The minimum absolute atomic E-state index is 0.0792. The fourth-order valence-electron chi connectivity index (χ4n) is 3.21. The molecule has 2 aromatic rings. The Morgan fingerprint density at radius 3 is 2.42 bits per heavy atom. The molecule has 1 aromatic carbocycles. The summed E-state index contributed by atoms with van der Waals surface area (Å²) in [4.78, 5) is 30.1. The lowest BCUT2D eigenvalue weighted by Crippen LogP contribution is -2.58. The molecule has 3 rings (SSSR count). The Morgan fingerprint density at radius 2 is 1.79 bits per heavy atom. The highest BCUT2D eigenvalue weighted by Gasteiger charge is 2.34. The van der Waals surface area contributed by atoms with Gasteiger partial charge in [-0.3, -0.25) is 0 Å². The zero-order valence-electron chi connectivity index (χ0n) is 20.0. The van der Waals surface area contributed by atoms with E-state index in [1.807, 2.05) is 39.0 Å². The molecule has 0 radical (unpaired) electrons. The number of aliphatic hydroxyl groups is 1. The number of rotatable bonds is 6. The number of aromatic nitrogens is 1. The van der Waals surface area contributed by atoms with Gasteiger partial charge < -0.3 is 29.5 Å². The zero-order chi connectivity index (χ0) is 24.4. The molecular formula is C24H33N3O6. The molecule has 1 saturated heterocycles. The first-order valence-electron chi connectivity index (χ1n) is 11.0. The molecule has 2 N–H and O–H groups in total. The SMILES string of the molecule is CC(C)(C)OC(=O)C(O)COc1ccc2c(NC3CN(C(=O)OC(C)(C)C)C3)nccc2c1. The highest BCUT2D eigenvalue weighted by molar-refractivity contribution is 5.92. The van der Waals surface area contributed by atoms with Crippen molar-refractivity contribution in [3.63, 3.8) is 0 Å². The van der Waals surface area contributed by atoms with Gasteiger partial charge in [-0.15, -0.1) is 0 Å². The number of pyridine rings is 1. The third-order valence-corrected chi connectivity index (χ3v) is 4.70. The van der Waals surface area contributed by atoms with Crippen LogP contribution in [0.3, 0.4) is 0 Å². The molecule has 0 spiro atoms. The Labute approximate surface area is 194 Å². The van der Waals surface area contributed by atoms with Crippen LogP contribution in [0.4, 0.5) is 10.6 Å². The zero-order valence-corrected chi connectivity index (χ0v) is 20.0. The molecule has 1 fully saturated rings. The smallest absolute Gasteiger partial charge is 0.410 e. The maximum Gasteiger partial charge on any atom is 0.410 e. The average Bonchev–Trinajstić information content (AvgIpc) is 2.65. The lowest BCUT2D eigenvalue weighted by molar-refractivity contribution is -0.166. The van der Waals surface area contributed by atoms with Crippen LogP contribution in [0.2, 0.25) is 0 Å². The number of hydrogen-bond donors (Lipinski definition) is 2. The molecular weight excluding hydrogens is 426 g/mol. The van der Waals surface area contributed by atoms with E-state index in [9.17, 15) is 14.7 Å². The van der Waals surface area contributed by atoms with Crippen LogP contribution in [0.15, 0.2) is 30.5 Å². The summed E-state index contributed by atoms with van der Waals surface area (Å²) >= 11 is 0. The van der Waals surface area contributed by atoms with Crippen LogP contribution in [-0.4, -0.2) is 70.1 Å². The molecule has 1 amide bonds. The number of nitrogens with zero attached hydrogens (tertiary/aromatic N) is 2. The number of anilines is 1. The van der Waals surface area contributed by atoms with Gasteiger partial charge in [0, 0.05) is 24.7 Å². The van der Waals surface area contributed by atoms with E-state index in [2.05, 4.69) is 10.3 Å². The van der Waals surface area contributed by atoms with Crippen LogP contribution < -0.4 is 10.1 Å². The van der Waals surface area contributed by atoms with Crippen LogP contribution in [-0.2, 0) is 14.3 Å². The van der Waals surface area contributed by atoms with Crippen LogP contribution >= 0.6 is 0 Å². The van der Waals surface area contributed by atoms with E-state index in [4.69, 9.17) is 14.2 Å². The van der Waals surface area contributed by atoms with Crippen molar-refractivity contribution in [1.82, 2.24) is 9.88 Å². The van der Waals surface area contributed by atoms with Gasteiger partial charge in [0.05, 0.1) is 6.04 Å². The number of carbonyl (C=O) groups excluding carboxylic acids is 2. The van der Waals surface area contributed by atoms with Gasteiger partial charge in [-0.25, -0.2) is 14.6 Å². The molecule has 180 valence electrons. The van der Waals surface area contributed by atoms with Crippen molar-refractivity contribution in [3.8, 4) is 5.75 Å². The number of fused-ring (bicyclic) bond motifs is 1. The summed E-state index contributed by atoms with van der Waals surface area (Å²) in [7, 11) is 0. The number of hydrogen-bond acceptors (Lipinski definition) is 8. The first-order valence-corrected chi connectivity index (χ1v) is 11.0. The molecule has 1 aliphatic heterocycles. The van der Waals surface area contributed by atoms with Crippen LogP contribution in [0.1, 0.15) is 41.5 Å². The molecule has 2 heterocycles. The molecule has 9 heteroatoms. The average molecular weight is 460 g/mol. The van der Waals surface area contributed by atoms with Crippen molar-refractivity contribution in [2.24, 2.45) is 0 Å². The minimum atomic E-state index is -1.37. The maximum absolute atomic E-state index is 12.1. The van der Waals surface area contributed by atoms with E-state index in [0.29, 0.717) is 24.7 Å². The third kappa shape index (κ3) is 6.95.